The predicted octanol–water partition coefficient (Wildman–Crippen LogP) is 4.23. The van der Waals surface area contributed by atoms with Crippen LogP contribution in [0.2, 0.25) is 0 Å². The number of hydrogen-bond donors (Lipinski definition) is 3. The maximum atomic E-state index is 13.9. The zero-order chi connectivity index (χ0) is 34.4. The summed E-state index contributed by atoms with van der Waals surface area (Å²) in [6.45, 7) is 1.45. The normalized spacial score (nSPS) is 14.1. The first-order valence-electron chi connectivity index (χ1n) is 15.4. The van der Waals surface area contributed by atoms with Crippen LogP contribution in [0.3, 0.4) is 0 Å². The van der Waals surface area contributed by atoms with E-state index in [1.165, 1.54) is 24.9 Å². The van der Waals surface area contributed by atoms with Crippen molar-refractivity contribution in [2.24, 2.45) is 7.05 Å². The van der Waals surface area contributed by atoms with Crippen molar-refractivity contribution in [2.45, 2.75) is 38.3 Å². The van der Waals surface area contributed by atoms with Crippen molar-refractivity contribution in [3.63, 3.8) is 0 Å². The first-order chi connectivity index (χ1) is 23.2. The molecule has 1 aliphatic rings. The summed E-state index contributed by atoms with van der Waals surface area (Å²) in [5.74, 6) is 1.88. The number of rotatable bonds is 12. The van der Waals surface area contributed by atoms with Crippen LogP contribution in [-0.4, -0.2) is 71.4 Å². The molecule has 0 aliphatic heterocycles. The highest BCUT2D eigenvalue weighted by atomic mass is 32.2. The topological polar surface area (TPSA) is 159 Å². The average molecular weight is 674 g/mol. The molecule has 0 saturated carbocycles. The summed E-state index contributed by atoms with van der Waals surface area (Å²) in [6.07, 6.45) is 3.51. The third-order valence-corrected chi connectivity index (χ3v) is 8.75. The molecule has 0 spiro atoms. The van der Waals surface area contributed by atoms with Crippen LogP contribution >= 0.6 is 11.8 Å². The molecule has 1 aromatic heterocycles. The van der Waals surface area contributed by atoms with Crippen molar-refractivity contribution >= 4 is 35.0 Å². The van der Waals surface area contributed by atoms with Crippen LogP contribution in [0.15, 0.2) is 53.3 Å². The molecule has 2 amide bonds. The molecule has 252 valence electrons. The van der Waals surface area contributed by atoms with Gasteiger partial charge in [0.15, 0.2) is 11.5 Å². The third-order valence-electron chi connectivity index (χ3n) is 8.11. The number of thioether (sulfide) groups is 1. The number of para-hydroxylation sites is 1. The van der Waals surface area contributed by atoms with Crippen molar-refractivity contribution in [1.29, 1.82) is 0 Å². The highest BCUT2D eigenvalue weighted by Crippen LogP contribution is 2.50. The number of amides is 2. The van der Waals surface area contributed by atoms with E-state index < -0.39 is 12.1 Å². The molecule has 14 heteroatoms. The Bertz CT molecular complexity index is 1880. The highest BCUT2D eigenvalue weighted by molar-refractivity contribution is 7.98. The molecular weight excluding hydrogens is 634 g/mol. The number of hydrogen-bond acceptors (Lipinski definition) is 11. The average Bonchev–Trinajstić information content (AvgIpc) is 3.38. The number of benzene rings is 2. The third kappa shape index (κ3) is 7.23. The SMILES string of the molecule is COc1cc2c(c(OC)c1OC)-c1ccc(N[C@@H](CCSC)C(=O)Nc3ccccc3-c3nnn(C)n3)c(=O)cc1[C@@H](NC(C)=O)CC2. The van der Waals surface area contributed by atoms with E-state index in [0.717, 1.165) is 11.1 Å². The number of methoxy groups -OCH3 is 3. The minimum absolute atomic E-state index is 0.220. The maximum absolute atomic E-state index is 13.9. The Kier molecular flexibility index (Phi) is 10.8. The predicted molar refractivity (Wildman–Crippen MR) is 186 cm³/mol. The van der Waals surface area contributed by atoms with Gasteiger partial charge < -0.3 is 30.2 Å². The largest absolute Gasteiger partial charge is 0.493 e. The van der Waals surface area contributed by atoms with Crippen molar-refractivity contribution in [3.8, 4) is 39.8 Å². The van der Waals surface area contributed by atoms with Crippen LogP contribution in [0.1, 0.15) is 36.9 Å². The monoisotopic (exact) mass is 673 g/mol. The van der Waals surface area contributed by atoms with E-state index in [2.05, 4.69) is 31.4 Å². The van der Waals surface area contributed by atoms with Gasteiger partial charge in [-0.3, -0.25) is 14.4 Å². The Morgan fingerprint density at radius 2 is 1.79 bits per heavy atom. The number of carbonyl (C=O) groups is 2. The van der Waals surface area contributed by atoms with Gasteiger partial charge in [0.25, 0.3) is 0 Å². The zero-order valence-corrected chi connectivity index (χ0v) is 28.6. The smallest absolute Gasteiger partial charge is 0.246 e. The molecule has 3 N–H and O–H groups in total. The fraction of sp³-hybridized carbons (Fsp3) is 0.353. The van der Waals surface area contributed by atoms with Gasteiger partial charge in [-0.05, 0) is 83.5 Å². The molecule has 0 saturated heterocycles. The number of aromatic nitrogens is 4. The Morgan fingerprint density at radius 1 is 1.02 bits per heavy atom. The van der Waals surface area contributed by atoms with Crippen LogP contribution < -0.4 is 35.6 Å². The summed E-state index contributed by atoms with van der Waals surface area (Å²) in [4.78, 5) is 41.4. The second-order valence-corrected chi connectivity index (χ2v) is 12.2. The molecule has 3 aromatic carbocycles. The number of aryl methyl sites for hydroxylation is 2. The summed E-state index contributed by atoms with van der Waals surface area (Å²) in [7, 11) is 6.32. The second-order valence-electron chi connectivity index (χ2n) is 11.2. The number of nitrogens with one attached hydrogen (secondary N) is 3. The van der Waals surface area contributed by atoms with E-state index in [-0.39, 0.29) is 22.9 Å². The zero-order valence-electron chi connectivity index (χ0n) is 27.7. The molecular formula is C34H39N7O6S. The van der Waals surface area contributed by atoms with Gasteiger partial charge in [-0.15, -0.1) is 10.2 Å². The second kappa shape index (κ2) is 15.2. The number of tetrazole rings is 1. The van der Waals surface area contributed by atoms with E-state index in [1.54, 1.807) is 51.2 Å². The van der Waals surface area contributed by atoms with Crippen LogP contribution in [0.25, 0.3) is 22.5 Å². The van der Waals surface area contributed by atoms with Crippen LogP contribution in [0, 0.1) is 0 Å². The van der Waals surface area contributed by atoms with Gasteiger partial charge in [0.05, 0.1) is 45.8 Å². The lowest BCUT2D eigenvalue weighted by Gasteiger charge is -2.19. The maximum Gasteiger partial charge on any atom is 0.246 e. The standard InChI is InChI=1S/C34H39N7O6S/c1-19(42)35-25-13-11-20-17-29(45-3)31(46-4)32(47-5)30(20)21-12-14-26(28(43)18-23(21)25)36-27(15-16-48-6)34(44)37-24-10-8-7-9-22(24)33-38-40-41(2)39-33/h7-10,12,14,17-18,25,27H,11,13,15-16H2,1-6H3,(H,35,42)(H,36,43)(H,37,44)/t25-,27-/m0/s1. The molecule has 48 heavy (non-hydrogen) atoms. The lowest BCUT2D eigenvalue weighted by atomic mass is 9.95. The molecule has 13 nitrogen and oxygen atoms in total. The molecule has 0 unspecified atom stereocenters. The molecule has 5 rings (SSSR count). The number of anilines is 2. The van der Waals surface area contributed by atoms with Gasteiger partial charge in [0.1, 0.15) is 6.04 Å². The number of carbonyl (C=O) groups excluding carboxylic acids is 2. The Labute approximate surface area is 282 Å². The number of nitrogens with zero attached hydrogens (tertiary/aromatic N) is 4. The summed E-state index contributed by atoms with van der Waals surface area (Å²) >= 11 is 1.60. The summed E-state index contributed by atoms with van der Waals surface area (Å²) in [6, 6.07) is 12.9. The lowest BCUT2D eigenvalue weighted by molar-refractivity contribution is -0.120. The van der Waals surface area contributed by atoms with Gasteiger partial charge >= 0.3 is 0 Å². The fourth-order valence-electron chi connectivity index (χ4n) is 5.92. The molecule has 2 atom stereocenters. The minimum Gasteiger partial charge on any atom is -0.493 e. The van der Waals surface area contributed by atoms with Crippen LogP contribution in [0.5, 0.6) is 17.2 Å². The molecule has 0 radical (unpaired) electrons. The van der Waals surface area contributed by atoms with E-state index in [9.17, 15) is 14.4 Å². The summed E-state index contributed by atoms with van der Waals surface area (Å²) in [5, 5.41) is 21.5. The van der Waals surface area contributed by atoms with E-state index >= 15 is 0 Å². The number of fused-ring (bicyclic) bond motifs is 3. The van der Waals surface area contributed by atoms with Gasteiger partial charge in [0.2, 0.25) is 28.8 Å². The quantitative estimate of drug-likeness (QED) is 0.198. The first-order valence-corrected chi connectivity index (χ1v) is 16.8. The minimum atomic E-state index is -0.757. The highest BCUT2D eigenvalue weighted by Gasteiger charge is 2.30. The molecule has 1 heterocycles. The van der Waals surface area contributed by atoms with Gasteiger partial charge in [-0.1, -0.05) is 18.2 Å². The number of ether oxygens (including phenoxy) is 3. The lowest BCUT2D eigenvalue weighted by Crippen LogP contribution is -2.36. The Hall–Kier alpha value is -5.11. The van der Waals surface area contributed by atoms with Crippen molar-refractivity contribution in [2.75, 3.05) is 44.0 Å². The van der Waals surface area contributed by atoms with Gasteiger partial charge in [0, 0.05) is 18.1 Å². The fourth-order valence-corrected chi connectivity index (χ4v) is 6.39. The molecule has 4 aromatic rings. The summed E-state index contributed by atoms with van der Waals surface area (Å²) in [5.41, 5.74) is 4.01. The van der Waals surface area contributed by atoms with E-state index in [4.69, 9.17) is 14.2 Å². The molecule has 1 aliphatic carbocycles. The van der Waals surface area contributed by atoms with Gasteiger partial charge in [-0.25, -0.2) is 0 Å². The van der Waals surface area contributed by atoms with Crippen LogP contribution in [0.4, 0.5) is 11.4 Å². The Balaban J connectivity index is 1.58. The molecule has 0 bridgehead atoms. The first kappa shape index (κ1) is 34.2. The van der Waals surface area contributed by atoms with E-state index in [1.807, 2.05) is 30.5 Å². The van der Waals surface area contributed by atoms with E-state index in [0.29, 0.717) is 70.5 Å². The van der Waals surface area contributed by atoms with Gasteiger partial charge in [-0.2, -0.15) is 16.6 Å². The Morgan fingerprint density at radius 3 is 2.46 bits per heavy atom. The summed E-state index contributed by atoms with van der Waals surface area (Å²) < 4.78 is 17.2. The van der Waals surface area contributed by atoms with Crippen molar-refractivity contribution in [3.05, 3.63) is 69.9 Å². The molecule has 0 fully saturated rings. The van der Waals surface area contributed by atoms with Crippen molar-refractivity contribution in [1.82, 2.24) is 25.5 Å². The van der Waals surface area contributed by atoms with Crippen LogP contribution in [-0.2, 0) is 23.1 Å². The van der Waals surface area contributed by atoms with Crippen molar-refractivity contribution < 1.29 is 23.8 Å².